The van der Waals surface area contributed by atoms with Gasteiger partial charge in [0, 0.05) is 24.5 Å². The molecule has 3 aromatic carbocycles. The van der Waals surface area contributed by atoms with Gasteiger partial charge in [-0.3, -0.25) is 4.79 Å². The molecule has 0 fully saturated rings. The van der Waals surface area contributed by atoms with Crippen LogP contribution in [0.2, 0.25) is 0 Å². The molecule has 0 unspecified atom stereocenters. The van der Waals surface area contributed by atoms with Gasteiger partial charge in [0.05, 0.1) is 12.4 Å². The van der Waals surface area contributed by atoms with Crippen LogP contribution in [0, 0.1) is 6.92 Å². The summed E-state index contributed by atoms with van der Waals surface area (Å²) >= 11 is 0. The minimum atomic E-state index is -0.199. The summed E-state index contributed by atoms with van der Waals surface area (Å²) in [6.45, 7) is 2.79. The Bertz CT molecular complexity index is 1050. The van der Waals surface area contributed by atoms with Gasteiger partial charge in [0.15, 0.2) is 0 Å². The minimum absolute atomic E-state index is 0.0893. The Hall–Kier alpha value is -3.66. The topological polar surface area (TPSA) is 46.9 Å². The molecule has 4 aromatic rings. The van der Waals surface area contributed by atoms with Crippen molar-refractivity contribution >= 4 is 5.91 Å². The molecular weight excluding hydrogens is 358 g/mol. The second kappa shape index (κ2) is 8.57. The first-order chi connectivity index (χ1) is 14.2. The maximum absolute atomic E-state index is 13.0. The highest BCUT2D eigenvalue weighted by molar-refractivity contribution is 5.94. The molecule has 0 bridgehead atoms. The number of nitrogens with zero attached hydrogens (tertiary/aromatic N) is 2. The van der Waals surface area contributed by atoms with Gasteiger partial charge in [0.25, 0.3) is 5.91 Å². The van der Waals surface area contributed by atoms with E-state index in [-0.39, 0.29) is 11.9 Å². The largest absolute Gasteiger partial charge is 0.341 e. The predicted molar refractivity (Wildman–Crippen MR) is 115 cm³/mol. The van der Waals surface area contributed by atoms with Crippen LogP contribution in [-0.4, -0.2) is 15.5 Å². The van der Waals surface area contributed by atoms with Crippen molar-refractivity contribution in [3.05, 3.63) is 125 Å². The Morgan fingerprint density at radius 2 is 1.62 bits per heavy atom. The van der Waals surface area contributed by atoms with E-state index in [1.165, 1.54) is 5.56 Å². The summed E-state index contributed by atoms with van der Waals surface area (Å²) in [5, 5.41) is 3.20. The van der Waals surface area contributed by atoms with Crippen LogP contribution < -0.4 is 5.32 Å². The van der Waals surface area contributed by atoms with Gasteiger partial charge in [-0.2, -0.15) is 0 Å². The van der Waals surface area contributed by atoms with Crippen LogP contribution >= 0.6 is 0 Å². The molecule has 0 aliphatic carbocycles. The Labute approximate surface area is 170 Å². The average Bonchev–Trinajstić information content (AvgIpc) is 3.27. The Kier molecular flexibility index (Phi) is 5.52. The maximum atomic E-state index is 13.0. The van der Waals surface area contributed by atoms with Crippen molar-refractivity contribution < 1.29 is 4.79 Å². The number of amides is 1. The molecule has 0 aliphatic heterocycles. The molecule has 0 aliphatic rings. The number of aryl methyl sites for hydroxylation is 1. The third-order valence-electron chi connectivity index (χ3n) is 4.96. The highest BCUT2D eigenvalue weighted by Crippen LogP contribution is 2.23. The first-order valence-electron chi connectivity index (χ1n) is 9.66. The van der Waals surface area contributed by atoms with Gasteiger partial charge in [-0.25, -0.2) is 4.98 Å². The molecule has 1 N–H and O–H groups in total. The number of hydrogen-bond acceptors (Lipinski definition) is 2. The van der Waals surface area contributed by atoms with Gasteiger partial charge in [-0.15, -0.1) is 0 Å². The summed E-state index contributed by atoms with van der Waals surface area (Å²) in [5.74, 6) is -0.0893. The van der Waals surface area contributed by atoms with Gasteiger partial charge in [-0.1, -0.05) is 72.3 Å². The first-order valence-corrected chi connectivity index (χ1v) is 9.66. The van der Waals surface area contributed by atoms with Crippen LogP contribution in [0.1, 0.15) is 38.7 Å². The fourth-order valence-corrected chi connectivity index (χ4v) is 3.33. The number of carbonyl (C=O) groups is 1. The Morgan fingerprint density at radius 3 is 2.28 bits per heavy atom. The molecule has 4 nitrogen and oxygen atoms in total. The van der Waals surface area contributed by atoms with E-state index in [2.05, 4.69) is 41.5 Å². The predicted octanol–water partition coefficient (Wildman–Crippen LogP) is 4.76. The van der Waals surface area contributed by atoms with E-state index in [4.69, 9.17) is 0 Å². The quantitative estimate of drug-likeness (QED) is 0.523. The minimum Gasteiger partial charge on any atom is -0.341 e. The van der Waals surface area contributed by atoms with Crippen LogP contribution in [0.4, 0.5) is 0 Å². The third kappa shape index (κ3) is 4.61. The number of imidazole rings is 1. The smallest absolute Gasteiger partial charge is 0.252 e. The summed E-state index contributed by atoms with van der Waals surface area (Å²) in [6.07, 6.45) is 5.47. The van der Waals surface area contributed by atoms with Gasteiger partial charge >= 0.3 is 0 Å². The lowest BCUT2D eigenvalue weighted by Crippen LogP contribution is -2.29. The molecule has 1 atom stereocenters. The molecule has 29 heavy (non-hydrogen) atoms. The van der Waals surface area contributed by atoms with Gasteiger partial charge in [-0.05, 0) is 35.7 Å². The Balaban J connectivity index is 1.54. The molecule has 0 saturated heterocycles. The number of rotatable bonds is 6. The van der Waals surface area contributed by atoms with Crippen molar-refractivity contribution in [3.8, 4) is 0 Å². The number of nitrogens with one attached hydrogen (secondary N) is 1. The van der Waals surface area contributed by atoms with Crippen molar-refractivity contribution in [1.29, 1.82) is 0 Å². The van der Waals surface area contributed by atoms with E-state index in [0.29, 0.717) is 5.56 Å². The zero-order chi connectivity index (χ0) is 20.1. The fourth-order valence-electron chi connectivity index (χ4n) is 3.33. The standard InChI is InChI=1S/C25H23N3O/c1-19-7-11-22(12-8-19)24(21-5-3-2-4-6-21)27-25(29)23-13-9-20(10-14-23)17-28-16-15-26-18-28/h2-16,18,24H,17H2,1H3,(H,27,29)/t24-/m1/s1. The van der Waals surface area contributed by atoms with Crippen LogP contribution in [0.15, 0.2) is 97.6 Å². The lowest BCUT2D eigenvalue weighted by atomic mass is 9.97. The van der Waals surface area contributed by atoms with Gasteiger partial charge in [0.2, 0.25) is 0 Å². The van der Waals surface area contributed by atoms with E-state index in [1.807, 2.05) is 65.4 Å². The van der Waals surface area contributed by atoms with Gasteiger partial charge in [0.1, 0.15) is 0 Å². The van der Waals surface area contributed by atoms with Crippen molar-refractivity contribution in [3.63, 3.8) is 0 Å². The summed E-state index contributed by atoms with van der Waals surface area (Å²) in [4.78, 5) is 17.0. The van der Waals surface area contributed by atoms with E-state index >= 15 is 0 Å². The zero-order valence-corrected chi connectivity index (χ0v) is 16.3. The van der Waals surface area contributed by atoms with Crippen molar-refractivity contribution in [2.75, 3.05) is 0 Å². The number of benzene rings is 3. The first kappa shape index (κ1) is 18.7. The van der Waals surface area contributed by atoms with E-state index in [9.17, 15) is 4.79 Å². The van der Waals surface area contributed by atoms with Gasteiger partial charge < -0.3 is 9.88 Å². The molecule has 1 heterocycles. The zero-order valence-electron chi connectivity index (χ0n) is 16.3. The summed E-state index contributed by atoms with van der Waals surface area (Å²) in [5.41, 5.74) is 5.08. The summed E-state index contributed by atoms with van der Waals surface area (Å²) in [6, 6.07) is 25.9. The molecule has 0 radical (unpaired) electrons. The van der Waals surface area contributed by atoms with Crippen LogP contribution in [0.25, 0.3) is 0 Å². The highest BCUT2D eigenvalue weighted by atomic mass is 16.1. The number of carbonyl (C=O) groups excluding carboxylic acids is 1. The molecule has 4 rings (SSSR count). The average molecular weight is 381 g/mol. The van der Waals surface area contributed by atoms with E-state index < -0.39 is 0 Å². The molecule has 1 aromatic heterocycles. The van der Waals surface area contributed by atoms with Crippen LogP contribution in [-0.2, 0) is 6.54 Å². The molecular formula is C25H23N3O. The molecule has 0 spiro atoms. The van der Waals surface area contributed by atoms with Crippen LogP contribution in [0.5, 0.6) is 0 Å². The number of hydrogen-bond donors (Lipinski definition) is 1. The lowest BCUT2D eigenvalue weighted by Gasteiger charge is -2.20. The highest BCUT2D eigenvalue weighted by Gasteiger charge is 2.17. The monoisotopic (exact) mass is 381 g/mol. The van der Waals surface area contributed by atoms with Crippen molar-refractivity contribution in [2.24, 2.45) is 0 Å². The summed E-state index contributed by atoms with van der Waals surface area (Å²) < 4.78 is 2.00. The second-order valence-electron chi connectivity index (χ2n) is 7.16. The van der Waals surface area contributed by atoms with E-state index in [1.54, 1.807) is 12.5 Å². The normalized spacial score (nSPS) is 11.8. The molecule has 0 saturated carbocycles. The molecule has 1 amide bonds. The SMILES string of the molecule is Cc1ccc([C@H](NC(=O)c2ccc(Cn3ccnc3)cc2)c2ccccc2)cc1. The molecule has 4 heteroatoms. The Morgan fingerprint density at radius 1 is 0.931 bits per heavy atom. The van der Waals surface area contributed by atoms with Crippen molar-refractivity contribution in [2.45, 2.75) is 19.5 Å². The summed E-state index contributed by atoms with van der Waals surface area (Å²) in [7, 11) is 0. The third-order valence-corrected chi connectivity index (χ3v) is 4.96. The number of aromatic nitrogens is 2. The fraction of sp³-hybridized carbons (Fsp3) is 0.120. The lowest BCUT2D eigenvalue weighted by molar-refractivity contribution is 0.0943. The van der Waals surface area contributed by atoms with Crippen LogP contribution in [0.3, 0.4) is 0 Å². The van der Waals surface area contributed by atoms with E-state index in [0.717, 1.165) is 23.2 Å². The second-order valence-corrected chi connectivity index (χ2v) is 7.16. The van der Waals surface area contributed by atoms with Crippen molar-refractivity contribution in [1.82, 2.24) is 14.9 Å². The molecule has 144 valence electrons. The maximum Gasteiger partial charge on any atom is 0.252 e.